The second-order valence-electron chi connectivity index (χ2n) is 8.10. The zero-order valence-electron chi connectivity index (χ0n) is 19.6. The number of nitro benzene ring substituents is 1. The lowest BCUT2D eigenvalue weighted by Gasteiger charge is -2.20. The standard InChI is InChI=1S/C25H29Cl2N5O2/c1-4-31(5-2)14-6-7-17(3)28-25-21-16-20(32(33)34)11-12-23(21)29-24(30-25)13-9-18-8-10-19(26)15-22(18)27/h8-13,15-17H,4-7,14H2,1-3H3,(H,28,29,30). The third kappa shape index (κ3) is 6.88. The lowest BCUT2D eigenvalue weighted by Crippen LogP contribution is -2.25. The largest absolute Gasteiger partial charge is 0.367 e. The Hall–Kier alpha value is -2.74. The average molecular weight is 502 g/mol. The van der Waals surface area contributed by atoms with Gasteiger partial charge in [-0.15, -0.1) is 0 Å². The van der Waals surface area contributed by atoms with Gasteiger partial charge in [0.05, 0.1) is 10.4 Å². The minimum atomic E-state index is -0.410. The van der Waals surface area contributed by atoms with E-state index in [-0.39, 0.29) is 11.7 Å². The maximum Gasteiger partial charge on any atom is 0.270 e. The van der Waals surface area contributed by atoms with Crippen LogP contribution in [0.4, 0.5) is 11.5 Å². The van der Waals surface area contributed by atoms with E-state index in [0.29, 0.717) is 32.6 Å². The van der Waals surface area contributed by atoms with Crippen molar-refractivity contribution in [1.29, 1.82) is 0 Å². The normalized spacial score (nSPS) is 12.5. The van der Waals surface area contributed by atoms with E-state index < -0.39 is 4.92 Å². The molecule has 0 spiro atoms. The number of benzene rings is 2. The monoisotopic (exact) mass is 501 g/mol. The van der Waals surface area contributed by atoms with Gasteiger partial charge in [-0.3, -0.25) is 10.1 Å². The van der Waals surface area contributed by atoms with Crippen molar-refractivity contribution >= 4 is 57.8 Å². The Morgan fingerprint density at radius 1 is 1.12 bits per heavy atom. The van der Waals surface area contributed by atoms with Crippen LogP contribution in [0.15, 0.2) is 36.4 Å². The molecule has 34 heavy (non-hydrogen) atoms. The molecule has 1 unspecified atom stereocenters. The summed E-state index contributed by atoms with van der Waals surface area (Å²) in [4.78, 5) is 22.6. The minimum Gasteiger partial charge on any atom is -0.367 e. The first-order valence-electron chi connectivity index (χ1n) is 11.4. The summed E-state index contributed by atoms with van der Waals surface area (Å²) in [5.74, 6) is 1.05. The summed E-state index contributed by atoms with van der Waals surface area (Å²) in [5, 5.41) is 16.5. The van der Waals surface area contributed by atoms with Gasteiger partial charge in [0, 0.05) is 33.6 Å². The van der Waals surface area contributed by atoms with Gasteiger partial charge in [-0.1, -0.05) is 43.1 Å². The van der Waals surface area contributed by atoms with Crippen LogP contribution in [0.2, 0.25) is 10.0 Å². The molecule has 9 heteroatoms. The van der Waals surface area contributed by atoms with Crippen molar-refractivity contribution in [3.63, 3.8) is 0 Å². The summed E-state index contributed by atoms with van der Waals surface area (Å²) in [5.41, 5.74) is 1.42. The van der Waals surface area contributed by atoms with E-state index in [2.05, 4.69) is 41.0 Å². The van der Waals surface area contributed by atoms with Gasteiger partial charge < -0.3 is 10.2 Å². The summed E-state index contributed by atoms with van der Waals surface area (Å²) in [6, 6.07) is 10.0. The molecule has 0 aliphatic heterocycles. The molecule has 3 aromatic rings. The average Bonchev–Trinajstić information content (AvgIpc) is 2.81. The van der Waals surface area contributed by atoms with Crippen LogP contribution >= 0.6 is 23.2 Å². The maximum atomic E-state index is 11.3. The van der Waals surface area contributed by atoms with Crippen molar-refractivity contribution in [1.82, 2.24) is 14.9 Å². The zero-order valence-corrected chi connectivity index (χ0v) is 21.1. The third-order valence-electron chi connectivity index (χ3n) is 5.67. The van der Waals surface area contributed by atoms with Crippen LogP contribution in [0.1, 0.15) is 45.0 Å². The zero-order chi connectivity index (χ0) is 24.7. The molecule has 1 heterocycles. The van der Waals surface area contributed by atoms with Crippen molar-refractivity contribution in [2.75, 3.05) is 25.0 Å². The van der Waals surface area contributed by atoms with Crippen LogP contribution in [-0.2, 0) is 0 Å². The first kappa shape index (κ1) is 25.9. The molecule has 0 bridgehead atoms. The summed E-state index contributed by atoms with van der Waals surface area (Å²) in [7, 11) is 0. The van der Waals surface area contributed by atoms with Crippen molar-refractivity contribution in [3.05, 3.63) is 67.9 Å². The molecule has 1 N–H and O–H groups in total. The summed E-state index contributed by atoms with van der Waals surface area (Å²) >= 11 is 12.3. The predicted molar refractivity (Wildman–Crippen MR) is 142 cm³/mol. The molecule has 7 nitrogen and oxygen atoms in total. The number of halogens is 2. The van der Waals surface area contributed by atoms with Gasteiger partial charge in [-0.05, 0) is 75.3 Å². The molecule has 1 atom stereocenters. The molecule has 180 valence electrons. The minimum absolute atomic E-state index is 0.00424. The molecule has 0 fully saturated rings. The molecule has 0 aliphatic carbocycles. The van der Waals surface area contributed by atoms with Crippen molar-refractivity contribution in [2.45, 2.75) is 39.7 Å². The Balaban J connectivity index is 1.89. The van der Waals surface area contributed by atoms with Crippen molar-refractivity contribution < 1.29 is 4.92 Å². The van der Waals surface area contributed by atoms with E-state index in [1.807, 2.05) is 12.1 Å². The predicted octanol–water partition coefficient (Wildman–Crippen LogP) is 6.94. The highest BCUT2D eigenvalue weighted by atomic mass is 35.5. The molecule has 2 aromatic carbocycles. The van der Waals surface area contributed by atoms with Crippen LogP contribution in [0.3, 0.4) is 0 Å². The number of rotatable bonds is 11. The highest BCUT2D eigenvalue weighted by Crippen LogP contribution is 2.27. The fraction of sp³-hybridized carbons (Fsp3) is 0.360. The van der Waals surface area contributed by atoms with E-state index in [9.17, 15) is 10.1 Å². The fourth-order valence-corrected chi connectivity index (χ4v) is 4.17. The summed E-state index contributed by atoms with van der Waals surface area (Å²) in [6.45, 7) is 9.52. The first-order chi connectivity index (χ1) is 16.3. The number of hydrogen-bond acceptors (Lipinski definition) is 6. The van der Waals surface area contributed by atoms with Gasteiger partial charge in [-0.2, -0.15) is 0 Å². The van der Waals surface area contributed by atoms with E-state index >= 15 is 0 Å². The molecule has 0 saturated carbocycles. The Kier molecular flexibility index (Phi) is 9.21. The van der Waals surface area contributed by atoms with Crippen LogP contribution in [0.25, 0.3) is 23.1 Å². The molecule has 0 aliphatic rings. The van der Waals surface area contributed by atoms with Crippen LogP contribution in [-0.4, -0.2) is 45.5 Å². The van der Waals surface area contributed by atoms with E-state index in [1.54, 1.807) is 24.3 Å². The number of nitrogens with one attached hydrogen (secondary N) is 1. The number of nitro groups is 1. The Bertz CT molecular complexity index is 1180. The van der Waals surface area contributed by atoms with Gasteiger partial charge in [0.25, 0.3) is 5.69 Å². The van der Waals surface area contributed by atoms with Crippen molar-refractivity contribution in [2.24, 2.45) is 0 Å². The second-order valence-corrected chi connectivity index (χ2v) is 8.95. The van der Waals surface area contributed by atoms with Gasteiger partial charge >= 0.3 is 0 Å². The Morgan fingerprint density at radius 3 is 2.56 bits per heavy atom. The van der Waals surface area contributed by atoms with E-state index in [4.69, 9.17) is 23.2 Å². The molecule has 0 saturated heterocycles. The number of hydrogen-bond donors (Lipinski definition) is 1. The number of anilines is 1. The smallest absolute Gasteiger partial charge is 0.270 e. The number of non-ortho nitro benzene ring substituents is 1. The van der Waals surface area contributed by atoms with Gasteiger partial charge in [0.2, 0.25) is 0 Å². The second kappa shape index (κ2) is 12.1. The van der Waals surface area contributed by atoms with Gasteiger partial charge in [0.1, 0.15) is 5.82 Å². The van der Waals surface area contributed by atoms with E-state index in [1.165, 1.54) is 12.1 Å². The topological polar surface area (TPSA) is 84.2 Å². The summed E-state index contributed by atoms with van der Waals surface area (Å²) in [6.07, 6.45) is 5.58. The molecule has 1 aromatic heterocycles. The highest BCUT2D eigenvalue weighted by Gasteiger charge is 2.14. The van der Waals surface area contributed by atoms with Crippen molar-refractivity contribution in [3.8, 4) is 0 Å². The first-order valence-corrected chi connectivity index (χ1v) is 12.1. The van der Waals surface area contributed by atoms with Gasteiger partial charge in [0.15, 0.2) is 5.82 Å². The number of fused-ring (bicyclic) bond motifs is 1. The summed E-state index contributed by atoms with van der Waals surface area (Å²) < 4.78 is 0. The number of nitrogens with zero attached hydrogens (tertiary/aromatic N) is 4. The third-order valence-corrected chi connectivity index (χ3v) is 6.23. The Labute approximate surface area is 210 Å². The Morgan fingerprint density at radius 2 is 1.88 bits per heavy atom. The molecular formula is C25H29Cl2N5O2. The molecule has 0 radical (unpaired) electrons. The maximum absolute atomic E-state index is 11.3. The number of aromatic nitrogens is 2. The molecule has 0 amide bonds. The van der Waals surface area contributed by atoms with Crippen LogP contribution < -0.4 is 5.32 Å². The lowest BCUT2D eigenvalue weighted by atomic mass is 10.1. The molecule has 3 rings (SSSR count). The lowest BCUT2D eigenvalue weighted by molar-refractivity contribution is -0.384. The van der Waals surface area contributed by atoms with E-state index in [0.717, 1.165) is 38.0 Å². The van der Waals surface area contributed by atoms with Crippen LogP contribution in [0.5, 0.6) is 0 Å². The van der Waals surface area contributed by atoms with Crippen LogP contribution in [0, 0.1) is 10.1 Å². The quantitative estimate of drug-likeness (QED) is 0.226. The highest BCUT2D eigenvalue weighted by molar-refractivity contribution is 6.35. The van der Waals surface area contributed by atoms with Gasteiger partial charge in [-0.25, -0.2) is 9.97 Å². The molecular weight excluding hydrogens is 473 g/mol. The fourth-order valence-electron chi connectivity index (χ4n) is 3.70. The SMILES string of the molecule is CCN(CC)CCCC(C)Nc1nc(C=Cc2ccc(Cl)cc2Cl)nc2ccc([N+](=O)[O-])cc12.